The number of pyridine rings is 1. The van der Waals surface area contributed by atoms with Gasteiger partial charge in [-0.05, 0) is 26.8 Å². The van der Waals surface area contributed by atoms with Crippen molar-refractivity contribution in [3.63, 3.8) is 0 Å². The highest BCUT2D eigenvalue weighted by Crippen LogP contribution is 2.16. The number of amides is 1. The van der Waals surface area contributed by atoms with Crippen LogP contribution in [-0.4, -0.2) is 83.9 Å². The van der Waals surface area contributed by atoms with Gasteiger partial charge in [0.1, 0.15) is 11.4 Å². The smallest absolute Gasteiger partial charge is 0.410 e. The highest BCUT2D eigenvalue weighted by Gasteiger charge is 2.25. The molecule has 2 aliphatic heterocycles. The lowest BCUT2D eigenvalue weighted by molar-refractivity contribution is 0.0240. The number of piperazine rings is 2. The van der Waals surface area contributed by atoms with Gasteiger partial charge in [0, 0.05) is 76.4 Å². The summed E-state index contributed by atoms with van der Waals surface area (Å²) in [6.45, 7) is 11.9. The Balaban J connectivity index is 0.000000203. The van der Waals surface area contributed by atoms with E-state index in [9.17, 15) is 14.4 Å². The minimum Gasteiger partial charge on any atom is -0.444 e. The second-order valence-corrected chi connectivity index (χ2v) is 8.87. The Morgan fingerprint density at radius 3 is 2.21 bits per heavy atom. The molecule has 0 atom stereocenters. The van der Waals surface area contributed by atoms with E-state index in [1.165, 1.54) is 12.4 Å². The normalized spacial score (nSPS) is 16.6. The van der Waals surface area contributed by atoms with E-state index in [1.807, 2.05) is 26.8 Å². The van der Waals surface area contributed by atoms with Crippen LogP contribution >= 0.6 is 0 Å². The van der Waals surface area contributed by atoms with Crippen molar-refractivity contribution in [2.45, 2.75) is 26.4 Å². The number of carbonyl (C=O) groups is 1. The number of nitrogens with one attached hydrogen (secondary N) is 3. The summed E-state index contributed by atoms with van der Waals surface area (Å²) in [5.74, 6) is 0.769. The third-order valence-electron chi connectivity index (χ3n) is 5.16. The van der Waals surface area contributed by atoms with Crippen LogP contribution in [0.2, 0.25) is 0 Å². The van der Waals surface area contributed by atoms with Crippen molar-refractivity contribution in [2.75, 3.05) is 62.2 Å². The minimum atomic E-state index is -0.471. The molecule has 0 bridgehead atoms. The maximum Gasteiger partial charge on any atom is 0.410 e. The largest absolute Gasteiger partial charge is 0.444 e. The number of hydrogen-bond acceptors (Lipinski definition) is 8. The summed E-state index contributed by atoms with van der Waals surface area (Å²) in [7, 11) is 0. The molecule has 11 heteroatoms. The molecule has 4 rings (SSSR count). The standard InChI is InChI=1S/C14H21N3O3.C8H12N4O/c1-14(2,3)20-13(19)17-8-6-16(7-9-17)11-4-5-15-12(18)10-11;13-8-5-7(10-6-11-8)12-3-1-9-2-4-12/h4-5,10H,6-9H2,1-3H3,(H,15,18);5-6,9H,1-4H2,(H,10,11,13). The van der Waals surface area contributed by atoms with Crippen molar-refractivity contribution in [2.24, 2.45) is 0 Å². The zero-order valence-electron chi connectivity index (χ0n) is 19.5. The van der Waals surface area contributed by atoms with E-state index in [1.54, 1.807) is 17.2 Å². The van der Waals surface area contributed by atoms with Gasteiger partial charge in [-0.1, -0.05) is 0 Å². The van der Waals surface area contributed by atoms with E-state index in [0.29, 0.717) is 26.2 Å². The fourth-order valence-corrected chi connectivity index (χ4v) is 3.53. The van der Waals surface area contributed by atoms with Crippen molar-refractivity contribution in [3.05, 3.63) is 51.4 Å². The summed E-state index contributed by atoms with van der Waals surface area (Å²) >= 11 is 0. The zero-order chi connectivity index (χ0) is 23.8. The van der Waals surface area contributed by atoms with E-state index in [2.05, 4.69) is 30.1 Å². The first-order chi connectivity index (χ1) is 15.7. The van der Waals surface area contributed by atoms with Crippen LogP contribution in [0.4, 0.5) is 16.3 Å². The molecule has 0 radical (unpaired) electrons. The van der Waals surface area contributed by atoms with Crippen LogP contribution in [0.3, 0.4) is 0 Å². The zero-order valence-corrected chi connectivity index (χ0v) is 19.5. The van der Waals surface area contributed by atoms with Gasteiger partial charge in [0.25, 0.3) is 5.56 Å². The Bertz CT molecular complexity index is 1020. The molecule has 2 fully saturated rings. The van der Waals surface area contributed by atoms with Gasteiger partial charge in [0.2, 0.25) is 5.56 Å². The van der Waals surface area contributed by atoms with Gasteiger partial charge in [0.05, 0.1) is 6.33 Å². The molecule has 1 amide bonds. The molecular weight excluding hydrogens is 426 g/mol. The van der Waals surface area contributed by atoms with Gasteiger partial charge in [0.15, 0.2) is 0 Å². The monoisotopic (exact) mass is 459 g/mol. The topological polar surface area (TPSA) is 127 Å². The third kappa shape index (κ3) is 7.63. The predicted octanol–water partition coefficient (Wildman–Crippen LogP) is 0.612. The molecule has 0 aliphatic carbocycles. The lowest BCUT2D eigenvalue weighted by Gasteiger charge is -2.36. The predicted molar refractivity (Wildman–Crippen MR) is 127 cm³/mol. The van der Waals surface area contributed by atoms with Crippen molar-refractivity contribution in [1.82, 2.24) is 25.2 Å². The number of aromatic amines is 2. The summed E-state index contributed by atoms with van der Waals surface area (Å²) in [6, 6.07) is 4.97. The van der Waals surface area contributed by atoms with Gasteiger partial charge >= 0.3 is 6.09 Å². The molecular formula is C22H33N7O4. The lowest BCUT2D eigenvalue weighted by Crippen LogP contribution is -2.50. The van der Waals surface area contributed by atoms with Crippen molar-refractivity contribution in [3.8, 4) is 0 Å². The first kappa shape index (κ1) is 24.3. The minimum absolute atomic E-state index is 0.0940. The van der Waals surface area contributed by atoms with Gasteiger partial charge in [-0.25, -0.2) is 9.78 Å². The van der Waals surface area contributed by atoms with E-state index < -0.39 is 5.60 Å². The average Bonchev–Trinajstić information content (AvgIpc) is 2.79. The van der Waals surface area contributed by atoms with Crippen LogP contribution in [0.5, 0.6) is 0 Å². The lowest BCUT2D eigenvalue weighted by atomic mass is 10.2. The molecule has 4 heterocycles. The van der Waals surface area contributed by atoms with Gasteiger partial charge in [-0.15, -0.1) is 0 Å². The molecule has 0 spiro atoms. The second kappa shape index (κ2) is 11.0. The van der Waals surface area contributed by atoms with Crippen LogP contribution in [0, 0.1) is 0 Å². The summed E-state index contributed by atoms with van der Waals surface area (Å²) in [6.07, 6.45) is 2.81. The number of nitrogens with zero attached hydrogens (tertiary/aromatic N) is 4. The van der Waals surface area contributed by atoms with Crippen LogP contribution in [0.25, 0.3) is 0 Å². The molecule has 0 unspecified atom stereocenters. The average molecular weight is 460 g/mol. The number of hydrogen-bond donors (Lipinski definition) is 3. The number of H-pyrrole nitrogens is 2. The molecule has 11 nitrogen and oxygen atoms in total. The Kier molecular flexibility index (Phi) is 8.10. The number of ether oxygens (including phenoxy) is 1. The quantitative estimate of drug-likeness (QED) is 0.596. The molecule has 0 saturated carbocycles. The second-order valence-electron chi connectivity index (χ2n) is 8.87. The molecule has 2 aromatic heterocycles. The SMILES string of the molecule is CC(C)(C)OC(=O)N1CCN(c2cc[nH]c(=O)c2)CC1.O=c1cc(N2CCNCC2)nc[nH]1. The Morgan fingerprint density at radius 2 is 1.61 bits per heavy atom. The van der Waals surface area contributed by atoms with Crippen LogP contribution in [0.15, 0.2) is 40.3 Å². The Labute approximate surface area is 192 Å². The number of aromatic nitrogens is 3. The fourth-order valence-electron chi connectivity index (χ4n) is 3.53. The summed E-state index contributed by atoms with van der Waals surface area (Å²) in [5.41, 5.74) is 0.208. The Hall–Kier alpha value is -3.34. The Morgan fingerprint density at radius 1 is 0.939 bits per heavy atom. The number of rotatable bonds is 2. The first-order valence-corrected chi connectivity index (χ1v) is 11.1. The fraction of sp³-hybridized carbons (Fsp3) is 0.545. The molecule has 0 aromatic carbocycles. The van der Waals surface area contributed by atoms with Crippen LogP contribution < -0.4 is 26.2 Å². The summed E-state index contributed by atoms with van der Waals surface area (Å²) in [5, 5.41) is 3.24. The summed E-state index contributed by atoms with van der Waals surface area (Å²) in [4.78, 5) is 49.3. The first-order valence-electron chi connectivity index (χ1n) is 11.1. The highest BCUT2D eigenvalue weighted by molar-refractivity contribution is 5.68. The third-order valence-corrected chi connectivity index (χ3v) is 5.16. The van der Waals surface area contributed by atoms with Crippen molar-refractivity contribution in [1.29, 1.82) is 0 Å². The van der Waals surface area contributed by atoms with Crippen LogP contribution in [-0.2, 0) is 4.74 Å². The molecule has 180 valence electrons. The summed E-state index contributed by atoms with van der Waals surface area (Å²) < 4.78 is 5.35. The van der Waals surface area contributed by atoms with E-state index in [-0.39, 0.29) is 17.2 Å². The van der Waals surface area contributed by atoms with Gasteiger partial charge in [-0.3, -0.25) is 9.59 Å². The maximum atomic E-state index is 11.9. The van der Waals surface area contributed by atoms with Crippen molar-refractivity contribution >= 4 is 17.6 Å². The van der Waals surface area contributed by atoms with Crippen LogP contribution in [0.1, 0.15) is 20.8 Å². The molecule has 3 N–H and O–H groups in total. The van der Waals surface area contributed by atoms with E-state index >= 15 is 0 Å². The van der Waals surface area contributed by atoms with Crippen molar-refractivity contribution < 1.29 is 9.53 Å². The number of anilines is 2. The highest BCUT2D eigenvalue weighted by atomic mass is 16.6. The van der Waals surface area contributed by atoms with Gasteiger partial charge in [-0.2, -0.15) is 0 Å². The maximum absolute atomic E-state index is 11.9. The molecule has 2 aromatic rings. The van der Waals surface area contributed by atoms with E-state index in [0.717, 1.165) is 37.7 Å². The number of carbonyl (C=O) groups excluding carboxylic acids is 1. The molecule has 2 aliphatic rings. The van der Waals surface area contributed by atoms with E-state index in [4.69, 9.17) is 4.74 Å². The van der Waals surface area contributed by atoms with Gasteiger partial charge < -0.3 is 34.7 Å². The molecule has 2 saturated heterocycles. The molecule has 33 heavy (non-hydrogen) atoms.